The van der Waals surface area contributed by atoms with E-state index < -0.39 is 0 Å². The highest BCUT2D eigenvalue weighted by molar-refractivity contribution is 5.46. The summed E-state index contributed by atoms with van der Waals surface area (Å²) < 4.78 is 11.6. The molecule has 0 bridgehead atoms. The molecule has 1 N–H and O–H groups in total. The van der Waals surface area contributed by atoms with Crippen molar-refractivity contribution in [3.05, 3.63) is 23.8 Å². The predicted octanol–water partition coefficient (Wildman–Crippen LogP) is 3.52. The van der Waals surface area contributed by atoms with Gasteiger partial charge in [-0.3, -0.25) is 0 Å². The summed E-state index contributed by atoms with van der Waals surface area (Å²) in [6.07, 6.45) is 4.83. The summed E-state index contributed by atoms with van der Waals surface area (Å²) in [6.45, 7) is 6.48. The summed E-state index contributed by atoms with van der Waals surface area (Å²) in [7, 11) is 0. The van der Waals surface area contributed by atoms with Crippen LogP contribution in [0.25, 0.3) is 0 Å². The molecule has 0 unspecified atom stereocenters. The predicted molar refractivity (Wildman–Crippen MR) is 77.9 cm³/mol. The van der Waals surface area contributed by atoms with E-state index in [0.29, 0.717) is 12.6 Å². The van der Waals surface area contributed by atoms with Crippen molar-refractivity contribution in [2.75, 3.05) is 13.2 Å². The first-order chi connectivity index (χ1) is 9.35. The quantitative estimate of drug-likeness (QED) is 0.692. The fourth-order valence-corrected chi connectivity index (χ4v) is 1.99. The van der Waals surface area contributed by atoms with E-state index in [1.54, 1.807) is 0 Å². The van der Waals surface area contributed by atoms with E-state index in [9.17, 15) is 0 Å². The molecule has 1 fully saturated rings. The van der Waals surface area contributed by atoms with E-state index in [4.69, 9.17) is 9.47 Å². The van der Waals surface area contributed by atoms with Crippen molar-refractivity contribution in [2.45, 2.75) is 52.1 Å². The molecule has 0 saturated heterocycles. The van der Waals surface area contributed by atoms with Gasteiger partial charge in [-0.05, 0) is 32.3 Å². The van der Waals surface area contributed by atoms with E-state index >= 15 is 0 Å². The number of rotatable bonds is 9. The highest BCUT2D eigenvalue weighted by Crippen LogP contribution is 2.32. The monoisotopic (exact) mass is 263 g/mol. The molecule has 1 aliphatic carbocycles. The Morgan fingerprint density at radius 3 is 2.74 bits per heavy atom. The second-order valence-corrected chi connectivity index (χ2v) is 5.03. The van der Waals surface area contributed by atoms with Gasteiger partial charge in [0.25, 0.3) is 0 Å². The van der Waals surface area contributed by atoms with E-state index in [1.807, 2.05) is 19.1 Å². The molecule has 3 nitrogen and oxygen atoms in total. The van der Waals surface area contributed by atoms with Gasteiger partial charge in [-0.25, -0.2) is 0 Å². The summed E-state index contributed by atoms with van der Waals surface area (Å²) in [5.74, 6) is 1.79. The van der Waals surface area contributed by atoms with Crippen LogP contribution in [0.4, 0.5) is 0 Å². The second kappa shape index (κ2) is 7.39. The van der Waals surface area contributed by atoms with Crippen molar-refractivity contribution in [3.63, 3.8) is 0 Å². The van der Waals surface area contributed by atoms with Crippen LogP contribution in [0.1, 0.15) is 45.1 Å². The lowest BCUT2D eigenvalue weighted by molar-refractivity contribution is 0.269. The van der Waals surface area contributed by atoms with Crippen LogP contribution in [-0.4, -0.2) is 19.3 Å². The summed E-state index contributed by atoms with van der Waals surface area (Å²) in [6, 6.07) is 6.87. The highest BCUT2D eigenvalue weighted by Gasteiger charge is 2.21. The van der Waals surface area contributed by atoms with E-state index in [0.717, 1.165) is 37.5 Å². The number of hydrogen-bond donors (Lipinski definition) is 1. The van der Waals surface area contributed by atoms with Crippen molar-refractivity contribution in [1.82, 2.24) is 5.32 Å². The van der Waals surface area contributed by atoms with Crippen molar-refractivity contribution >= 4 is 0 Å². The molecular formula is C16H25NO2. The van der Waals surface area contributed by atoms with Gasteiger partial charge in [0.05, 0.1) is 13.2 Å². The van der Waals surface area contributed by atoms with E-state index in [-0.39, 0.29) is 0 Å². The third-order valence-corrected chi connectivity index (χ3v) is 3.26. The molecule has 2 rings (SSSR count). The van der Waals surface area contributed by atoms with E-state index in [2.05, 4.69) is 18.3 Å². The van der Waals surface area contributed by atoms with Gasteiger partial charge in [0.1, 0.15) is 0 Å². The van der Waals surface area contributed by atoms with Crippen LogP contribution in [0.2, 0.25) is 0 Å². The molecular weight excluding hydrogens is 238 g/mol. The number of ether oxygens (including phenoxy) is 2. The maximum atomic E-state index is 5.95. The van der Waals surface area contributed by atoms with Gasteiger partial charge in [0.15, 0.2) is 11.5 Å². The zero-order valence-electron chi connectivity index (χ0n) is 12.1. The lowest BCUT2D eigenvalue weighted by atomic mass is 10.2. The SMILES string of the molecule is CCCCOc1c(CNC2CC2)cccc1OCC. The van der Waals surface area contributed by atoms with Crippen molar-refractivity contribution < 1.29 is 9.47 Å². The van der Waals surface area contributed by atoms with Gasteiger partial charge >= 0.3 is 0 Å². The molecule has 0 heterocycles. The maximum absolute atomic E-state index is 5.95. The Bertz CT molecular complexity index is 388. The smallest absolute Gasteiger partial charge is 0.165 e. The van der Waals surface area contributed by atoms with Gasteiger partial charge < -0.3 is 14.8 Å². The number of nitrogens with one attached hydrogen (secondary N) is 1. The van der Waals surface area contributed by atoms with Crippen LogP contribution >= 0.6 is 0 Å². The average Bonchev–Trinajstić information content (AvgIpc) is 3.23. The highest BCUT2D eigenvalue weighted by atomic mass is 16.5. The van der Waals surface area contributed by atoms with Crippen LogP contribution < -0.4 is 14.8 Å². The van der Waals surface area contributed by atoms with Crippen LogP contribution in [0.3, 0.4) is 0 Å². The molecule has 1 aromatic rings. The summed E-state index contributed by atoms with van der Waals surface area (Å²) >= 11 is 0. The van der Waals surface area contributed by atoms with E-state index in [1.165, 1.54) is 18.4 Å². The molecule has 1 aliphatic rings. The molecule has 0 atom stereocenters. The summed E-state index contributed by atoms with van der Waals surface area (Å²) in [4.78, 5) is 0. The molecule has 0 amide bonds. The Balaban J connectivity index is 2.05. The maximum Gasteiger partial charge on any atom is 0.165 e. The van der Waals surface area contributed by atoms with Crippen molar-refractivity contribution in [2.24, 2.45) is 0 Å². The Morgan fingerprint density at radius 1 is 1.21 bits per heavy atom. The molecule has 0 spiro atoms. The zero-order chi connectivity index (χ0) is 13.5. The molecule has 0 aliphatic heterocycles. The fourth-order valence-electron chi connectivity index (χ4n) is 1.99. The topological polar surface area (TPSA) is 30.5 Å². The first-order valence-electron chi connectivity index (χ1n) is 7.46. The van der Waals surface area contributed by atoms with Crippen LogP contribution in [0, 0.1) is 0 Å². The third kappa shape index (κ3) is 4.43. The molecule has 3 heteroatoms. The van der Waals surface area contributed by atoms with Gasteiger partial charge in [-0.15, -0.1) is 0 Å². The minimum atomic E-state index is 0.670. The fraction of sp³-hybridized carbons (Fsp3) is 0.625. The van der Waals surface area contributed by atoms with Gasteiger partial charge in [0.2, 0.25) is 0 Å². The normalized spacial score (nSPS) is 14.4. The summed E-state index contributed by atoms with van der Waals surface area (Å²) in [5.41, 5.74) is 1.20. The third-order valence-electron chi connectivity index (χ3n) is 3.26. The minimum absolute atomic E-state index is 0.670. The number of benzene rings is 1. The first kappa shape index (κ1) is 14.2. The minimum Gasteiger partial charge on any atom is -0.490 e. The molecule has 0 aromatic heterocycles. The lowest BCUT2D eigenvalue weighted by Gasteiger charge is -2.16. The van der Waals surface area contributed by atoms with Gasteiger partial charge in [-0.1, -0.05) is 25.5 Å². The number of unbranched alkanes of at least 4 members (excludes halogenated alkanes) is 1. The van der Waals surface area contributed by atoms with Crippen LogP contribution in [0.15, 0.2) is 18.2 Å². The van der Waals surface area contributed by atoms with Crippen LogP contribution in [0.5, 0.6) is 11.5 Å². The summed E-state index contributed by atoms with van der Waals surface area (Å²) in [5, 5.41) is 3.54. The largest absolute Gasteiger partial charge is 0.490 e. The first-order valence-corrected chi connectivity index (χ1v) is 7.46. The molecule has 19 heavy (non-hydrogen) atoms. The number of para-hydroxylation sites is 1. The Hall–Kier alpha value is -1.22. The van der Waals surface area contributed by atoms with Crippen molar-refractivity contribution in [1.29, 1.82) is 0 Å². The van der Waals surface area contributed by atoms with Crippen LogP contribution in [-0.2, 0) is 6.54 Å². The zero-order valence-corrected chi connectivity index (χ0v) is 12.1. The standard InChI is InChI=1S/C16H25NO2/c1-3-5-11-19-16-13(12-17-14-9-10-14)7-6-8-15(16)18-4-2/h6-8,14,17H,3-5,9-12H2,1-2H3. The Kier molecular flexibility index (Phi) is 5.52. The molecule has 1 saturated carbocycles. The molecule has 106 valence electrons. The van der Waals surface area contributed by atoms with Crippen molar-refractivity contribution in [3.8, 4) is 11.5 Å². The number of hydrogen-bond acceptors (Lipinski definition) is 3. The van der Waals surface area contributed by atoms with Gasteiger partial charge in [-0.2, -0.15) is 0 Å². The second-order valence-electron chi connectivity index (χ2n) is 5.03. The Labute approximate surface area is 116 Å². The lowest BCUT2D eigenvalue weighted by Crippen LogP contribution is -2.16. The Morgan fingerprint density at radius 2 is 2.05 bits per heavy atom. The molecule has 1 aromatic carbocycles. The van der Waals surface area contributed by atoms with Gasteiger partial charge in [0, 0.05) is 18.2 Å². The average molecular weight is 263 g/mol. The molecule has 0 radical (unpaired) electrons.